The zero-order chi connectivity index (χ0) is 9.23. The number of oxime groups is 1. The summed E-state index contributed by atoms with van der Waals surface area (Å²) in [5.41, 5.74) is 5.45. The van der Waals surface area contributed by atoms with Gasteiger partial charge in [0.05, 0.1) is 0 Å². The van der Waals surface area contributed by atoms with E-state index < -0.39 is 0 Å². The lowest BCUT2D eigenvalue weighted by molar-refractivity contribution is 0.113. The van der Waals surface area contributed by atoms with E-state index in [9.17, 15) is 0 Å². The molecule has 0 aliphatic carbocycles. The Hall–Kier alpha value is -0.610. The van der Waals surface area contributed by atoms with Gasteiger partial charge in [-0.05, 0) is 13.0 Å². The minimum atomic E-state index is 0.601. The van der Waals surface area contributed by atoms with Crippen LogP contribution in [0.3, 0.4) is 0 Å². The smallest absolute Gasteiger partial charge is 0.129 e. The zero-order valence-corrected chi connectivity index (χ0v) is 7.83. The molecule has 72 valence electrons. The number of nitrogens with zero attached hydrogens (tertiary/aromatic N) is 2. The standard InChI is InChI=1S/C8H19N3O/c1-3-5-11(6-4-9)7-8-12-10-2/h2-9H2,1H3. The highest BCUT2D eigenvalue weighted by Gasteiger charge is 2.01. The maximum Gasteiger partial charge on any atom is 0.129 e. The van der Waals surface area contributed by atoms with E-state index in [4.69, 9.17) is 10.6 Å². The van der Waals surface area contributed by atoms with Crippen LogP contribution >= 0.6 is 0 Å². The molecule has 0 aromatic rings. The van der Waals surface area contributed by atoms with E-state index in [1.165, 1.54) is 0 Å². The van der Waals surface area contributed by atoms with Crippen molar-refractivity contribution < 1.29 is 4.84 Å². The van der Waals surface area contributed by atoms with Crippen molar-refractivity contribution in [2.45, 2.75) is 13.3 Å². The Kier molecular flexibility index (Phi) is 8.05. The van der Waals surface area contributed by atoms with Crippen LogP contribution in [-0.2, 0) is 4.84 Å². The molecule has 4 heteroatoms. The molecular formula is C8H19N3O. The molecule has 0 unspecified atom stereocenters. The van der Waals surface area contributed by atoms with Crippen LogP contribution in [0.4, 0.5) is 0 Å². The van der Waals surface area contributed by atoms with Crippen LogP contribution in [0, 0.1) is 0 Å². The van der Waals surface area contributed by atoms with Crippen LogP contribution in [0.5, 0.6) is 0 Å². The lowest BCUT2D eigenvalue weighted by Crippen LogP contribution is -2.32. The Bertz CT molecular complexity index is 102. The van der Waals surface area contributed by atoms with Gasteiger partial charge in [-0.25, -0.2) is 0 Å². The average molecular weight is 173 g/mol. The molecule has 0 aliphatic heterocycles. The second-order valence-corrected chi connectivity index (χ2v) is 2.59. The molecule has 0 heterocycles. The van der Waals surface area contributed by atoms with Crippen molar-refractivity contribution in [3.8, 4) is 0 Å². The molecule has 0 rings (SSSR count). The highest BCUT2D eigenvalue weighted by atomic mass is 16.6. The first kappa shape index (κ1) is 11.4. The van der Waals surface area contributed by atoms with Gasteiger partial charge in [-0.3, -0.25) is 4.90 Å². The molecule has 0 aliphatic rings. The molecule has 0 aromatic heterocycles. The maximum atomic E-state index is 5.45. The second-order valence-electron chi connectivity index (χ2n) is 2.59. The first-order valence-corrected chi connectivity index (χ1v) is 4.35. The highest BCUT2D eigenvalue weighted by Crippen LogP contribution is 1.90. The van der Waals surface area contributed by atoms with Crippen LogP contribution in [-0.4, -0.2) is 44.4 Å². The van der Waals surface area contributed by atoms with E-state index in [0.29, 0.717) is 13.2 Å². The fourth-order valence-electron chi connectivity index (χ4n) is 1.07. The molecule has 12 heavy (non-hydrogen) atoms. The second kappa shape index (κ2) is 8.49. The summed E-state index contributed by atoms with van der Waals surface area (Å²) in [5.74, 6) is 0. The molecule has 0 saturated carbocycles. The highest BCUT2D eigenvalue weighted by molar-refractivity contribution is 5.21. The first-order valence-electron chi connectivity index (χ1n) is 4.35. The fourth-order valence-corrected chi connectivity index (χ4v) is 1.07. The van der Waals surface area contributed by atoms with Crippen LogP contribution in [0.15, 0.2) is 5.16 Å². The summed E-state index contributed by atoms with van der Waals surface area (Å²) in [6.45, 7) is 9.55. The predicted octanol–water partition coefficient (Wildman–Crippen LogP) is 0.289. The largest absolute Gasteiger partial charge is 0.395 e. The topological polar surface area (TPSA) is 50.8 Å². The summed E-state index contributed by atoms with van der Waals surface area (Å²) >= 11 is 0. The molecule has 0 fully saturated rings. The van der Waals surface area contributed by atoms with Gasteiger partial charge in [0, 0.05) is 26.4 Å². The molecule has 2 N–H and O–H groups in total. The van der Waals surface area contributed by atoms with Crippen molar-refractivity contribution in [3.05, 3.63) is 0 Å². The van der Waals surface area contributed by atoms with Crippen LogP contribution in [0.25, 0.3) is 0 Å². The Labute approximate surface area is 74.4 Å². The molecule has 4 nitrogen and oxygen atoms in total. The first-order chi connectivity index (χ1) is 5.85. The Morgan fingerprint density at radius 3 is 2.67 bits per heavy atom. The lowest BCUT2D eigenvalue weighted by Gasteiger charge is -2.19. The van der Waals surface area contributed by atoms with Gasteiger partial charge >= 0.3 is 0 Å². The van der Waals surface area contributed by atoms with Crippen LogP contribution in [0.1, 0.15) is 13.3 Å². The summed E-state index contributed by atoms with van der Waals surface area (Å²) in [6.07, 6.45) is 1.14. The van der Waals surface area contributed by atoms with Crippen molar-refractivity contribution in [2.75, 3.05) is 32.8 Å². The van der Waals surface area contributed by atoms with Gasteiger partial charge in [-0.15, -0.1) is 5.16 Å². The van der Waals surface area contributed by atoms with E-state index in [1.54, 1.807) is 0 Å². The van der Waals surface area contributed by atoms with Crippen LogP contribution in [0.2, 0.25) is 0 Å². The van der Waals surface area contributed by atoms with Crippen molar-refractivity contribution in [1.82, 2.24) is 4.90 Å². The van der Waals surface area contributed by atoms with E-state index in [1.807, 2.05) is 0 Å². The summed E-state index contributed by atoms with van der Waals surface area (Å²) in [7, 11) is 0. The minimum absolute atomic E-state index is 0.601. The van der Waals surface area contributed by atoms with Crippen molar-refractivity contribution in [2.24, 2.45) is 10.9 Å². The molecule has 0 spiro atoms. The van der Waals surface area contributed by atoms with E-state index in [-0.39, 0.29) is 0 Å². The summed E-state index contributed by atoms with van der Waals surface area (Å²) in [5, 5.41) is 3.32. The van der Waals surface area contributed by atoms with Gasteiger partial charge < -0.3 is 10.6 Å². The number of nitrogens with two attached hydrogens (primary N) is 1. The molecule has 0 bridgehead atoms. The Morgan fingerprint density at radius 2 is 2.17 bits per heavy atom. The van der Waals surface area contributed by atoms with Crippen molar-refractivity contribution in [1.29, 1.82) is 0 Å². The summed E-state index contributed by atoms with van der Waals surface area (Å²) in [4.78, 5) is 7.04. The molecule has 0 atom stereocenters. The van der Waals surface area contributed by atoms with Crippen molar-refractivity contribution in [3.63, 3.8) is 0 Å². The molecule has 0 radical (unpaired) electrons. The molecule has 0 amide bonds. The van der Waals surface area contributed by atoms with E-state index in [0.717, 1.165) is 26.1 Å². The van der Waals surface area contributed by atoms with Gasteiger partial charge in [0.25, 0.3) is 0 Å². The van der Waals surface area contributed by atoms with Gasteiger partial charge in [-0.1, -0.05) is 6.92 Å². The summed E-state index contributed by atoms with van der Waals surface area (Å²) < 4.78 is 0. The third kappa shape index (κ3) is 6.12. The summed E-state index contributed by atoms with van der Waals surface area (Å²) in [6, 6.07) is 0. The lowest BCUT2D eigenvalue weighted by atomic mass is 10.4. The third-order valence-corrected chi connectivity index (χ3v) is 1.58. The zero-order valence-electron chi connectivity index (χ0n) is 7.83. The minimum Gasteiger partial charge on any atom is -0.395 e. The predicted molar refractivity (Wildman–Crippen MR) is 51.3 cm³/mol. The monoisotopic (exact) mass is 173 g/mol. The number of hydrogen-bond acceptors (Lipinski definition) is 4. The normalized spacial score (nSPS) is 10.2. The van der Waals surface area contributed by atoms with Crippen LogP contribution < -0.4 is 5.73 Å². The molecule has 0 saturated heterocycles. The van der Waals surface area contributed by atoms with Gasteiger partial charge in [-0.2, -0.15) is 0 Å². The Balaban J connectivity index is 3.40. The van der Waals surface area contributed by atoms with Gasteiger partial charge in [0.2, 0.25) is 0 Å². The Morgan fingerprint density at radius 1 is 1.42 bits per heavy atom. The van der Waals surface area contributed by atoms with Gasteiger partial charge in [0.15, 0.2) is 0 Å². The number of hydrogen-bond donors (Lipinski definition) is 1. The average Bonchev–Trinajstić information content (AvgIpc) is 2.06. The van der Waals surface area contributed by atoms with E-state index in [2.05, 4.69) is 23.7 Å². The van der Waals surface area contributed by atoms with Gasteiger partial charge in [0.1, 0.15) is 6.61 Å². The quantitative estimate of drug-likeness (QED) is 0.326. The third-order valence-electron chi connectivity index (χ3n) is 1.58. The SMILES string of the molecule is C=NOCCN(CCC)CCN. The van der Waals surface area contributed by atoms with Crippen molar-refractivity contribution >= 4 is 6.72 Å². The number of rotatable bonds is 8. The molecule has 0 aromatic carbocycles. The maximum absolute atomic E-state index is 5.45. The fraction of sp³-hybridized carbons (Fsp3) is 0.875. The van der Waals surface area contributed by atoms with E-state index >= 15 is 0 Å². The molecular weight excluding hydrogens is 154 g/mol.